The summed E-state index contributed by atoms with van der Waals surface area (Å²) in [5.41, 5.74) is 1.63. The van der Waals surface area contributed by atoms with Gasteiger partial charge in [-0.05, 0) is 38.3 Å². The van der Waals surface area contributed by atoms with E-state index in [0.717, 1.165) is 24.9 Å². The molecule has 8 heteroatoms. The summed E-state index contributed by atoms with van der Waals surface area (Å²) < 4.78 is 0. The lowest BCUT2D eigenvalue weighted by Crippen LogP contribution is -2.75. The number of likely N-dealkylation sites (tertiary alicyclic amines) is 1. The van der Waals surface area contributed by atoms with Crippen molar-refractivity contribution in [2.75, 3.05) is 11.9 Å². The first-order valence-electron chi connectivity index (χ1n) is 10.4. The number of fused-ring (bicyclic) bond motifs is 1. The van der Waals surface area contributed by atoms with Gasteiger partial charge in [0.15, 0.2) is 0 Å². The van der Waals surface area contributed by atoms with Gasteiger partial charge in [0.05, 0.1) is 18.0 Å². The molecule has 0 radical (unpaired) electrons. The topological polar surface area (TPSA) is 103 Å². The number of anilines is 1. The molecule has 0 spiro atoms. The fourth-order valence-corrected chi connectivity index (χ4v) is 4.68. The second-order valence-electron chi connectivity index (χ2n) is 8.35. The SMILES string of the molecule is Cc1ccccc1NC(=O)C1CC(=O)NC2NC(N3CCCCC3C)NC(=O)C21. The Labute approximate surface area is 170 Å². The molecule has 1 aromatic rings. The zero-order valence-corrected chi connectivity index (χ0v) is 16.9. The van der Waals surface area contributed by atoms with Gasteiger partial charge in [0, 0.05) is 24.7 Å². The van der Waals surface area contributed by atoms with Gasteiger partial charge in [0.1, 0.15) is 6.29 Å². The minimum absolute atomic E-state index is 0.00123. The van der Waals surface area contributed by atoms with Crippen LogP contribution in [0.3, 0.4) is 0 Å². The molecule has 1 aromatic carbocycles. The molecule has 156 valence electrons. The zero-order chi connectivity index (χ0) is 20.5. The van der Waals surface area contributed by atoms with E-state index in [-0.39, 0.29) is 30.4 Å². The highest BCUT2D eigenvalue weighted by atomic mass is 16.2. The number of piperidine rings is 2. The first-order chi connectivity index (χ1) is 13.9. The Hall–Kier alpha value is -2.45. The Bertz CT molecular complexity index is 813. The molecule has 29 heavy (non-hydrogen) atoms. The fraction of sp³-hybridized carbons (Fsp3) is 0.571. The first-order valence-corrected chi connectivity index (χ1v) is 10.4. The second kappa shape index (κ2) is 8.12. The molecular weight excluding hydrogens is 370 g/mol. The van der Waals surface area contributed by atoms with E-state index in [2.05, 4.69) is 33.1 Å². The minimum Gasteiger partial charge on any atom is -0.340 e. The van der Waals surface area contributed by atoms with Gasteiger partial charge in [-0.1, -0.05) is 24.6 Å². The number of hydrogen-bond acceptors (Lipinski definition) is 5. The molecule has 3 fully saturated rings. The molecule has 0 bridgehead atoms. The molecule has 4 rings (SSSR count). The van der Waals surface area contributed by atoms with E-state index in [9.17, 15) is 14.4 Å². The van der Waals surface area contributed by atoms with Gasteiger partial charge in [-0.15, -0.1) is 0 Å². The molecule has 3 amide bonds. The van der Waals surface area contributed by atoms with E-state index in [1.807, 2.05) is 31.2 Å². The van der Waals surface area contributed by atoms with Crippen molar-refractivity contribution < 1.29 is 14.4 Å². The van der Waals surface area contributed by atoms with Gasteiger partial charge in [0.25, 0.3) is 0 Å². The number of hydrogen-bond donors (Lipinski definition) is 4. The normalized spacial score (nSPS) is 32.7. The molecule has 8 nitrogen and oxygen atoms in total. The molecule has 4 N–H and O–H groups in total. The van der Waals surface area contributed by atoms with Gasteiger partial charge >= 0.3 is 0 Å². The van der Waals surface area contributed by atoms with Crippen molar-refractivity contribution in [3.05, 3.63) is 29.8 Å². The van der Waals surface area contributed by atoms with E-state index in [1.165, 1.54) is 6.42 Å². The Balaban J connectivity index is 1.51. The summed E-state index contributed by atoms with van der Waals surface area (Å²) in [6, 6.07) is 7.82. The Kier molecular flexibility index (Phi) is 5.56. The number of carbonyl (C=O) groups is 3. The third-order valence-corrected chi connectivity index (χ3v) is 6.36. The highest BCUT2D eigenvalue weighted by Gasteiger charge is 2.49. The highest BCUT2D eigenvalue weighted by molar-refractivity contribution is 6.00. The van der Waals surface area contributed by atoms with Crippen LogP contribution >= 0.6 is 0 Å². The first kappa shape index (κ1) is 19.8. The molecular formula is C21H29N5O3. The van der Waals surface area contributed by atoms with Crippen LogP contribution in [0.4, 0.5) is 5.69 Å². The van der Waals surface area contributed by atoms with E-state index in [0.29, 0.717) is 11.7 Å². The molecule has 0 aliphatic carbocycles. The van der Waals surface area contributed by atoms with Gasteiger partial charge in [0.2, 0.25) is 17.7 Å². The number of amides is 3. The molecule has 5 unspecified atom stereocenters. The van der Waals surface area contributed by atoms with Crippen LogP contribution in [0.1, 0.15) is 38.2 Å². The van der Waals surface area contributed by atoms with Crippen LogP contribution in [0, 0.1) is 18.8 Å². The Morgan fingerprint density at radius 3 is 2.72 bits per heavy atom. The average molecular weight is 399 g/mol. The van der Waals surface area contributed by atoms with Crippen LogP contribution < -0.4 is 21.3 Å². The Morgan fingerprint density at radius 1 is 1.17 bits per heavy atom. The third kappa shape index (κ3) is 4.00. The monoisotopic (exact) mass is 399 g/mol. The van der Waals surface area contributed by atoms with Gasteiger partial charge in [-0.3, -0.25) is 24.6 Å². The average Bonchev–Trinajstić information content (AvgIpc) is 2.69. The number of benzene rings is 1. The van der Waals surface area contributed by atoms with Crippen LogP contribution in [0.2, 0.25) is 0 Å². The predicted octanol–water partition coefficient (Wildman–Crippen LogP) is 0.889. The number of nitrogens with zero attached hydrogens (tertiary/aromatic N) is 1. The van der Waals surface area contributed by atoms with Crippen LogP contribution in [0.15, 0.2) is 24.3 Å². The van der Waals surface area contributed by atoms with E-state index in [4.69, 9.17) is 0 Å². The Morgan fingerprint density at radius 2 is 1.97 bits per heavy atom. The van der Waals surface area contributed by atoms with Crippen molar-refractivity contribution in [2.45, 2.75) is 58.0 Å². The van der Waals surface area contributed by atoms with E-state index in [1.54, 1.807) is 0 Å². The molecule has 0 saturated carbocycles. The molecule has 5 atom stereocenters. The van der Waals surface area contributed by atoms with Gasteiger partial charge in [-0.2, -0.15) is 0 Å². The minimum atomic E-state index is -0.722. The van der Waals surface area contributed by atoms with Crippen molar-refractivity contribution in [1.82, 2.24) is 20.9 Å². The molecule has 3 aliphatic rings. The van der Waals surface area contributed by atoms with Crippen LogP contribution in [-0.2, 0) is 14.4 Å². The predicted molar refractivity (Wildman–Crippen MR) is 108 cm³/mol. The maximum absolute atomic E-state index is 13.0. The largest absolute Gasteiger partial charge is 0.340 e. The standard InChI is InChI=1S/C21H29N5O3/c1-12-7-3-4-9-15(12)22-19(28)14-11-16(27)23-18-17(14)20(29)25-21(24-18)26-10-6-5-8-13(26)2/h3-4,7,9,13-14,17-18,21,24H,5-6,8,10-11H2,1-2H3,(H,22,28)(H,23,27)(H,25,29). The molecule has 3 saturated heterocycles. The summed E-state index contributed by atoms with van der Waals surface area (Å²) in [4.78, 5) is 40.6. The number of nitrogens with one attached hydrogen (secondary N) is 4. The van der Waals surface area contributed by atoms with E-state index >= 15 is 0 Å². The number of carbonyl (C=O) groups excluding carboxylic acids is 3. The van der Waals surface area contributed by atoms with E-state index < -0.39 is 18.0 Å². The fourth-order valence-electron chi connectivity index (χ4n) is 4.68. The van der Waals surface area contributed by atoms with Crippen molar-refractivity contribution in [1.29, 1.82) is 0 Å². The highest BCUT2D eigenvalue weighted by Crippen LogP contribution is 2.29. The van der Waals surface area contributed by atoms with Crippen LogP contribution in [0.5, 0.6) is 0 Å². The smallest absolute Gasteiger partial charge is 0.229 e. The zero-order valence-electron chi connectivity index (χ0n) is 16.9. The summed E-state index contributed by atoms with van der Waals surface area (Å²) in [5, 5.41) is 12.2. The lowest BCUT2D eigenvalue weighted by molar-refractivity contribution is -0.148. The van der Waals surface area contributed by atoms with Crippen molar-refractivity contribution in [2.24, 2.45) is 11.8 Å². The van der Waals surface area contributed by atoms with Crippen molar-refractivity contribution in [3.8, 4) is 0 Å². The maximum atomic E-state index is 13.0. The van der Waals surface area contributed by atoms with Crippen LogP contribution in [0.25, 0.3) is 0 Å². The quantitative estimate of drug-likeness (QED) is 0.605. The third-order valence-electron chi connectivity index (χ3n) is 6.36. The summed E-state index contributed by atoms with van der Waals surface area (Å²) in [6.07, 6.45) is 2.45. The van der Waals surface area contributed by atoms with Gasteiger partial charge in [-0.25, -0.2) is 0 Å². The summed E-state index contributed by atoms with van der Waals surface area (Å²) in [7, 11) is 0. The molecule has 0 aromatic heterocycles. The molecule has 3 aliphatic heterocycles. The lowest BCUT2D eigenvalue weighted by atomic mass is 9.81. The summed E-state index contributed by atoms with van der Waals surface area (Å²) >= 11 is 0. The maximum Gasteiger partial charge on any atom is 0.229 e. The lowest BCUT2D eigenvalue weighted by Gasteiger charge is -2.48. The van der Waals surface area contributed by atoms with Crippen molar-refractivity contribution in [3.63, 3.8) is 0 Å². The molecule has 3 heterocycles. The van der Waals surface area contributed by atoms with Crippen molar-refractivity contribution >= 4 is 23.4 Å². The van der Waals surface area contributed by atoms with Gasteiger partial charge < -0.3 is 16.0 Å². The summed E-state index contributed by atoms with van der Waals surface area (Å²) in [5.74, 6) is -2.08. The second-order valence-corrected chi connectivity index (χ2v) is 8.35. The van der Waals surface area contributed by atoms with Crippen LogP contribution in [-0.4, -0.2) is 47.7 Å². The number of para-hydroxylation sites is 1. The summed E-state index contributed by atoms with van der Waals surface area (Å²) in [6.45, 7) is 4.95. The number of rotatable bonds is 3. The number of aryl methyl sites for hydroxylation is 1.